The van der Waals surface area contributed by atoms with E-state index in [0.29, 0.717) is 24.9 Å². The van der Waals surface area contributed by atoms with Crippen LogP contribution >= 0.6 is 0 Å². The van der Waals surface area contributed by atoms with Crippen molar-refractivity contribution in [1.82, 2.24) is 10.3 Å². The zero-order chi connectivity index (χ0) is 14.7. The summed E-state index contributed by atoms with van der Waals surface area (Å²) >= 11 is 0. The zero-order valence-electron chi connectivity index (χ0n) is 12.1. The van der Waals surface area contributed by atoms with Crippen molar-refractivity contribution >= 4 is 0 Å². The number of hydrogen-bond acceptors (Lipinski definition) is 3. The number of ether oxygens (including phenoxy) is 1. The number of hydrogen-bond donors (Lipinski definition) is 1. The molecule has 110 valence electrons. The van der Waals surface area contributed by atoms with E-state index in [0.717, 1.165) is 16.7 Å². The third-order valence-corrected chi connectivity index (χ3v) is 3.52. The van der Waals surface area contributed by atoms with Crippen LogP contribution in [0, 0.1) is 12.7 Å². The number of para-hydroxylation sites is 1. The maximum Gasteiger partial charge on any atom is 0.165 e. The van der Waals surface area contributed by atoms with E-state index < -0.39 is 0 Å². The second kappa shape index (κ2) is 6.22. The van der Waals surface area contributed by atoms with Crippen LogP contribution in [0.25, 0.3) is 0 Å². The normalized spacial score (nSPS) is 14.2. The van der Waals surface area contributed by atoms with Crippen LogP contribution < -0.4 is 10.1 Å². The number of benzene rings is 1. The molecule has 1 aromatic carbocycles. The van der Waals surface area contributed by atoms with Crippen LogP contribution in [0.1, 0.15) is 29.5 Å². The van der Waals surface area contributed by atoms with E-state index in [9.17, 15) is 4.39 Å². The fourth-order valence-corrected chi connectivity index (χ4v) is 2.25. The smallest absolute Gasteiger partial charge is 0.165 e. The minimum absolute atomic E-state index is 0.314. The maximum absolute atomic E-state index is 14.0. The first-order valence-electron chi connectivity index (χ1n) is 7.26. The molecule has 0 unspecified atom stereocenters. The summed E-state index contributed by atoms with van der Waals surface area (Å²) in [7, 11) is 0. The van der Waals surface area contributed by atoms with Crippen LogP contribution in [-0.2, 0) is 13.2 Å². The average Bonchev–Trinajstić information content (AvgIpc) is 3.28. The highest BCUT2D eigenvalue weighted by atomic mass is 19.1. The molecule has 0 atom stereocenters. The monoisotopic (exact) mass is 286 g/mol. The van der Waals surface area contributed by atoms with Crippen molar-refractivity contribution in [2.45, 2.75) is 39.0 Å². The highest BCUT2D eigenvalue weighted by Gasteiger charge is 2.21. The van der Waals surface area contributed by atoms with E-state index in [2.05, 4.69) is 10.3 Å². The Kier molecular flexibility index (Phi) is 4.15. The lowest BCUT2D eigenvalue weighted by Gasteiger charge is -2.13. The molecule has 0 spiro atoms. The number of halogens is 1. The van der Waals surface area contributed by atoms with Crippen LogP contribution in [-0.4, -0.2) is 11.0 Å². The second-order valence-corrected chi connectivity index (χ2v) is 5.54. The van der Waals surface area contributed by atoms with Gasteiger partial charge in [0.05, 0.1) is 0 Å². The number of aryl methyl sites for hydroxylation is 1. The van der Waals surface area contributed by atoms with Crippen LogP contribution in [0.5, 0.6) is 5.75 Å². The number of nitrogens with one attached hydrogen (secondary N) is 1. The van der Waals surface area contributed by atoms with Gasteiger partial charge in [-0.2, -0.15) is 0 Å². The van der Waals surface area contributed by atoms with Gasteiger partial charge in [0.1, 0.15) is 6.61 Å². The molecule has 0 radical (unpaired) electrons. The third kappa shape index (κ3) is 3.79. The van der Waals surface area contributed by atoms with Gasteiger partial charge in [0, 0.05) is 36.1 Å². The quantitative estimate of drug-likeness (QED) is 0.884. The van der Waals surface area contributed by atoms with Crippen molar-refractivity contribution < 1.29 is 9.13 Å². The summed E-state index contributed by atoms with van der Waals surface area (Å²) in [6, 6.07) is 7.64. The van der Waals surface area contributed by atoms with Crippen LogP contribution in [0.3, 0.4) is 0 Å². The topological polar surface area (TPSA) is 34.1 Å². The van der Waals surface area contributed by atoms with Crippen molar-refractivity contribution in [2.24, 2.45) is 0 Å². The fourth-order valence-electron chi connectivity index (χ4n) is 2.25. The first kappa shape index (κ1) is 14.0. The lowest BCUT2D eigenvalue weighted by Crippen LogP contribution is -2.16. The molecule has 0 saturated heterocycles. The van der Waals surface area contributed by atoms with Gasteiger partial charge in [-0.15, -0.1) is 0 Å². The first-order chi connectivity index (χ1) is 10.2. The molecule has 3 rings (SSSR count). The van der Waals surface area contributed by atoms with E-state index in [4.69, 9.17) is 4.74 Å². The number of nitrogens with zero attached hydrogens (tertiary/aromatic N) is 1. The highest BCUT2D eigenvalue weighted by molar-refractivity contribution is 5.35. The minimum Gasteiger partial charge on any atom is -0.485 e. The molecule has 1 aromatic heterocycles. The van der Waals surface area contributed by atoms with Crippen molar-refractivity contribution in [3.05, 3.63) is 59.2 Å². The average molecular weight is 286 g/mol. The molecule has 1 fully saturated rings. The SMILES string of the molecule is Cc1cncc(COc2c(F)cccc2CNC2CC2)c1. The van der Waals surface area contributed by atoms with Crippen LogP contribution in [0.2, 0.25) is 0 Å². The summed E-state index contributed by atoms with van der Waals surface area (Å²) in [5.74, 6) is 0.0258. The molecule has 1 heterocycles. The second-order valence-electron chi connectivity index (χ2n) is 5.54. The number of pyridine rings is 1. The molecule has 21 heavy (non-hydrogen) atoms. The largest absolute Gasteiger partial charge is 0.485 e. The fraction of sp³-hybridized carbons (Fsp3) is 0.353. The van der Waals surface area contributed by atoms with Gasteiger partial charge < -0.3 is 10.1 Å². The third-order valence-electron chi connectivity index (χ3n) is 3.52. The summed E-state index contributed by atoms with van der Waals surface area (Å²) in [6.45, 7) is 2.94. The molecule has 4 heteroatoms. The van der Waals surface area contributed by atoms with E-state index >= 15 is 0 Å². The van der Waals surface area contributed by atoms with Gasteiger partial charge >= 0.3 is 0 Å². The Labute approximate surface area is 124 Å². The van der Waals surface area contributed by atoms with Crippen LogP contribution in [0.4, 0.5) is 4.39 Å². The summed E-state index contributed by atoms with van der Waals surface area (Å²) < 4.78 is 19.7. The Hall–Kier alpha value is -1.94. The van der Waals surface area contributed by atoms with Crippen LogP contribution in [0.15, 0.2) is 36.7 Å². The molecule has 1 aliphatic carbocycles. The molecule has 1 aliphatic rings. The molecule has 1 N–H and O–H groups in total. The Morgan fingerprint density at radius 1 is 1.33 bits per heavy atom. The molecular formula is C17H19FN2O. The van der Waals surface area contributed by atoms with Crippen molar-refractivity contribution in [3.8, 4) is 5.75 Å². The predicted octanol–water partition coefficient (Wildman–Crippen LogP) is 3.36. The molecule has 0 bridgehead atoms. The molecule has 3 nitrogen and oxygen atoms in total. The summed E-state index contributed by atoms with van der Waals surface area (Å²) in [5.41, 5.74) is 2.88. The maximum atomic E-state index is 14.0. The van der Waals surface area contributed by atoms with E-state index in [1.165, 1.54) is 18.9 Å². The summed E-state index contributed by atoms with van der Waals surface area (Å²) in [4.78, 5) is 4.12. The summed E-state index contributed by atoms with van der Waals surface area (Å²) in [5, 5.41) is 3.39. The zero-order valence-corrected chi connectivity index (χ0v) is 12.1. The van der Waals surface area contributed by atoms with Gasteiger partial charge in [-0.05, 0) is 37.5 Å². The van der Waals surface area contributed by atoms with Gasteiger partial charge in [-0.3, -0.25) is 4.98 Å². The Bertz CT molecular complexity index is 626. The van der Waals surface area contributed by atoms with Gasteiger partial charge in [0.15, 0.2) is 11.6 Å². The first-order valence-corrected chi connectivity index (χ1v) is 7.26. The highest BCUT2D eigenvalue weighted by Crippen LogP contribution is 2.26. The number of aromatic nitrogens is 1. The predicted molar refractivity (Wildman–Crippen MR) is 79.6 cm³/mol. The molecule has 2 aromatic rings. The van der Waals surface area contributed by atoms with E-state index in [-0.39, 0.29) is 5.82 Å². The van der Waals surface area contributed by atoms with E-state index in [1.54, 1.807) is 18.5 Å². The Balaban J connectivity index is 1.70. The molecule has 0 amide bonds. The number of rotatable bonds is 6. The van der Waals surface area contributed by atoms with Gasteiger partial charge in [0.25, 0.3) is 0 Å². The Morgan fingerprint density at radius 2 is 2.19 bits per heavy atom. The van der Waals surface area contributed by atoms with Gasteiger partial charge in [0.2, 0.25) is 0 Å². The molecular weight excluding hydrogens is 267 g/mol. The summed E-state index contributed by atoms with van der Waals surface area (Å²) in [6.07, 6.45) is 5.95. The van der Waals surface area contributed by atoms with Crippen molar-refractivity contribution in [2.75, 3.05) is 0 Å². The van der Waals surface area contributed by atoms with E-state index in [1.807, 2.05) is 19.1 Å². The van der Waals surface area contributed by atoms with Gasteiger partial charge in [-0.1, -0.05) is 12.1 Å². The lowest BCUT2D eigenvalue weighted by molar-refractivity contribution is 0.285. The minimum atomic E-state index is -0.314. The molecule has 1 saturated carbocycles. The standard InChI is InChI=1S/C17H19FN2O/c1-12-7-13(9-19-8-12)11-21-17-14(3-2-4-16(17)18)10-20-15-5-6-15/h2-4,7-9,15,20H,5-6,10-11H2,1H3. The molecule has 0 aliphatic heterocycles. The van der Waals surface area contributed by atoms with Gasteiger partial charge in [-0.25, -0.2) is 4.39 Å². The van der Waals surface area contributed by atoms with Crippen molar-refractivity contribution in [1.29, 1.82) is 0 Å². The lowest BCUT2D eigenvalue weighted by atomic mass is 10.2. The van der Waals surface area contributed by atoms with Crippen molar-refractivity contribution in [3.63, 3.8) is 0 Å². The Morgan fingerprint density at radius 3 is 2.95 bits per heavy atom.